The van der Waals surface area contributed by atoms with Crippen LogP contribution in [0.25, 0.3) is 0 Å². The quantitative estimate of drug-likeness (QED) is 0.839. The number of benzene rings is 2. The van der Waals surface area contributed by atoms with E-state index < -0.39 is 0 Å². The maximum absolute atomic E-state index is 12.1. The largest absolute Gasteiger partial charge is 0.325 e. The van der Waals surface area contributed by atoms with Crippen molar-refractivity contribution in [3.63, 3.8) is 0 Å². The van der Waals surface area contributed by atoms with Gasteiger partial charge in [0.15, 0.2) is 0 Å². The van der Waals surface area contributed by atoms with Crippen molar-refractivity contribution < 1.29 is 4.79 Å². The summed E-state index contributed by atoms with van der Waals surface area (Å²) in [5.74, 6) is 0.525. The molecule has 0 aliphatic heterocycles. The van der Waals surface area contributed by atoms with Gasteiger partial charge >= 0.3 is 0 Å². The third-order valence-electron chi connectivity index (χ3n) is 3.41. The van der Waals surface area contributed by atoms with Gasteiger partial charge in [-0.25, -0.2) is 0 Å². The Morgan fingerprint density at radius 1 is 1.10 bits per heavy atom. The van der Waals surface area contributed by atoms with Crippen LogP contribution in [0.5, 0.6) is 0 Å². The molecule has 2 rings (SSSR count). The molecule has 0 saturated carbocycles. The summed E-state index contributed by atoms with van der Waals surface area (Å²) in [6.07, 6.45) is 0.921. The first-order valence-electron chi connectivity index (χ1n) is 7.25. The van der Waals surface area contributed by atoms with Crippen LogP contribution in [0.2, 0.25) is 0 Å². The average Bonchev–Trinajstić information content (AvgIpc) is 2.54. The minimum atomic E-state index is 0.0590. The molecule has 0 radical (unpaired) electrons. The van der Waals surface area contributed by atoms with Crippen LogP contribution in [-0.2, 0) is 11.2 Å². The average molecular weight is 299 g/mol. The maximum atomic E-state index is 12.1. The molecule has 0 unspecified atom stereocenters. The second-order valence-electron chi connectivity index (χ2n) is 4.92. The topological polar surface area (TPSA) is 29.1 Å². The first kappa shape index (κ1) is 15.6. The number of amides is 1. The van der Waals surface area contributed by atoms with Crippen molar-refractivity contribution in [1.82, 2.24) is 0 Å². The predicted molar refractivity (Wildman–Crippen MR) is 91.8 cm³/mol. The summed E-state index contributed by atoms with van der Waals surface area (Å²) < 4.78 is 0. The number of hydrogen-bond donors (Lipinski definition) is 1. The summed E-state index contributed by atoms with van der Waals surface area (Å²) in [5, 5.41) is 3.33. The summed E-state index contributed by atoms with van der Waals surface area (Å²) in [5.41, 5.74) is 3.36. The van der Waals surface area contributed by atoms with Crippen molar-refractivity contribution in [1.29, 1.82) is 0 Å². The number of aryl methyl sites for hydroxylation is 1. The summed E-state index contributed by atoms with van der Waals surface area (Å²) in [4.78, 5) is 12.1. The Morgan fingerprint density at radius 3 is 2.48 bits per heavy atom. The van der Waals surface area contributed by atoms with Crippen LogP contribution in [0.4, 0.5) is 5.69 Å². The molecule has 1 amide bonds. The number of hydrogen-bond acceptors (Lipinski definition) is 2. The molecule has 1 atom stereocenters. The normalized spacial score (nSPS) is 11.9. The molecule has 0 aliphatic rings. The standard InChI is InChI=1S/C18H21NOS/c1-3-15-9-7-8-12-17(15)19-18(20)13-21-14(2)16-10-5-4-6-11-16/h4-12,14H,3,13H2,1-2H3,(H,19,20)/t14-/m1/s1. The lowest BCUT2D eigenvalue weighted by Crippen LogP contribution is -2.15. The number of carbonyl (C=O) groups is 1. The molecular formula is C18H21NOS. The first-order valence-corrected chi connectivity index (χ1v) is 8.30. The third kappa shape index (κ3) is 4.64. The molecule has 21 heavy (non-hydrogen) atoms. The highest BCUT2D eigenvalue weighted by atomic mass is 32.2. The maximum Gasteiger partial charge on any atom is 0.234 e. The van der Waals surface area contributed by atoms with Gasteiger partial charge in [0.2, 0.25) is 5.91 Å². The molecule has 0 spiro atoms. The van der Waals surface area contributed by atoms with E-state index in [1.807, 2.05) is 36.4 Å². The Morgan fingerprint density at radius 2 is 1.76 bits per heavy atom. The van der Waals surface area contributed by atoms with E-state index in [2.05, 4.69) is 37.4 Å². The van der Waals surface area contributed by atoms with Gasteiger partial charge in [0.25, 0.3) is 0 Å². The molecular weight excluding hydrogens is 278 g/mol. The first-order chi connectivity index (χ1) is 10.2. The minimum Gasteiger partial charge on any atom is -0.325 e. The van der Waals surface area contributed by atoms with E-state index in [1.54, 1.807) is 11.8 Å². The molecule has 2 aromatic rings. The number of anilines is 1. The van der Waals surface area contributed by atoms with Crippen LogP contribution in [0.1, 0.15) is 30.2 Å². The fourth-order valence-corrected chi connectivity index (χ4v) is 2.98. The molecule has 0 bridgehead atoms. The van der Waals surface area contributed by atoms with Gasteiger partial charge in [-0.15, -0.1) is 11.8 Å². The van der Waals surface area contributed by atoms with Gasteiger partial charge in [-0.2, -0.15) is 0 Å². The van der Waals surface area contributed by atoms with E-state index in [4.69, 9.17) is 0 Å². The zero-order chi connectivity index (χ0) is 15.1. The Bertz CT molecular complexity index is 583. The van der Waals surface area contributed by atoms with Crippen molar-refractivity contribution >= 4 is 23.4 Å². The van der Waals surface area contributed by atoms with Crippen LogP contribution >= 0.6 is 11.8 Å². The van der Waals surface area contributed by atoms with Crippen molar-refractivity contribution in [2.24, 2.45) is 0 Å². The lowest BCUT2D eigenvalue weighted by molar-refractivity contribution is -0.113. The zero-order valence-electron chi connectivity index (χ0n) is 12.5. The van der Waals surface area contributed by atoms with Gasteiger partial charge in [0.05, 0.1) is 5.75 Å². The second-order valence-corrected chi connectivity index (χ2v) is 6.25. The van der Waals surface area contributed by atoms with Crippen LogP contribution in [0, 0.1) is 0 Å². The fourth-order valence-electron chi connectivity index (χ4n) is 2.16. The molecule has 0 aromatic heterocycles. The molecule has 2 nitrogen and oxygen atoms in total. The van der Waals surface area contributed by atoms with Crippen molar-refractivity contribution in [2.45, 2.75) is 25.5 Å². The number of para-hydroxylation sites is 1. The Labute approximate surface area is 131 Å². The molecule has 2 aromatic carbocycles. The molecule has 0 heterocycles. The fraction of sp³-hybridized carbons (Fsp3) is 0.278. The van der Waals surface area contributed by atoms with E-state index in [-0.39, 0.29) is 5.91 Å². The Kier molecular flexibility index (Phi) is 5.88. The van der Waals surface area contributed by atoms with Gasteiger partial charge in [0, 0.05) is 10.9 Å². The zero-order valence-corrected chi connectivity index (χ0v) is 13.3. The van der Waals surface area contributed by atoms with Crippen LogP contribution in [0.3, 0.4) is 0 Å². The molecule has 110 valence electrons. The van der Waals surface area contributed by atoms with E-state index >= 15 is 0 Å². The molecule has 0 fully saturated rings. The predicted octanol–water partition coefficient (Wildman–Crippen LogP) is 4.68. The second kappa shape index (κ2) is 7.89. The van der Waals surface area contributed by atoms with E-state index in [0.29, 0.717) is 11.0 Å². The highest BCUT2D eigenvalue weighted by Gasteiger charge is 2.10. The number of thioether (sulfide) groups is 1. The molecule has 0 saturated heterocycles. The smallest absolute Gasteiger partial charge is 0.234 e. The molecule has 0 aliphatic carbocycles. The van der Waals surface area contributed by atoms with Crippen LogP contribution in [0.15, 0.2) is 54.6 Å². The van der Waals surface area contributed by atoms with E-state index in [0.717, 1.165) is 12.1 Å². The van der Waals surface area contributed by atoms with Crippen molar-refractivity contribution in [3.8, 4) is 0 Å². The molecule has 3 heteroatoms. The van der Waals surface area contributed by atoms with Crippen molar-refractivity contribution in [2.75, 3.05) is 11.1 Å². The lowest BCUT2D eigenvalue weighted by atomic mass is 10.1. The van der Waals surface area contributed by atoms with E-state index in [1.165, 1.54) is 11.1 Å². The van der Waals surface area contributed by atoms with Gasteiger partial charge in [-0.05, 0) is 30.5 Å². The SMILES string of the molecule is CCc1ccccc1NC(=O)CS[C@H](C)c1ccccc1. The lowest BCUT2D eigenvalue weighted by Gasteiger charge is -2.13. The van der Waals surface area contributed by atoms with Crippen LogP contribution < -0.4 is 5.32 Å². The highest BCUT2D eigenvalue weighted by Crippen LogP contribution is 2.27. The van der Waals surface area contributed by atoms with Gasteiger partial charge in [-0.1, -0.05) is 55.5 Å². The van der Waals surface area contributed by atoms with Crippen LogP contribution in [-0.4, -0.2) is 11.7 Å². The summed E-state index contributed by atoms with van der Waals surface area (Å²) >= 11 is 1.66. The molecule has 1 N–H and O–H groups in total. The van der Waals surface area contributed by atoms with Gasteiger partial charge < -0.3 is 5.32 Å². The van der Waals surface area contributed by atoms with E-state index in [9.17, 15) is 4.79 Å². The Hall–Kier alpha value is -1.74. The summed E-state index contributed by atoms with van der Waals surface area (Å²) in [6, 6.07) is 18.2. The minimum absolute atomic E-state index is 0.0590. The summed E-state index contributed by atoms with van der Waals surface area (Å²) in [7, 11) is 0. The third-order valence-corrected chi connectivity index (χ3v) is 4.61. The monoisotopic (exact) mass is 299 g/mol. The highest BCUT2D eigenvalue weighted by molar-refractivity contribution is 8.00. The number of nitrogens with one attached hydrogen (secondary N) is 1. The van der Waals surface area contributed by atoms with Gasteiger partial charge in [-0.3, -0.25) is 4.79 Å². The number of rotatable bonds is 6. The summed E-state index contributed by atoms with van der Waals surface area (Å²) in [6.45, 7) is 4.23. The Balaban J connectivity index is 1.88. The van der Waals surface area contributed by atoms with Gasteiger partial charge in [0.1, 0.15) is 0 Å². The van der Waals surface area contributed by atoms with Crippen molar-refractivity contribution in [3.05, 3.63) is 65.7 Å². The number of carbonyl (C=O) groups excluding carboxylic acids is 1.